The van der Waals surface area contributed by atoms with Gasteiger partial charge in [0.1, 0.15) is 0 Å². The lowest BCUT2D eigenvalue weighted by molar-refractivity contribution is -0.137. The Morgan fingerprint density at radius 2 is 1.75 bits per heavy atom. The summed E-state index contributed by atoms with van der Waals surface area (Å²) >= 11 is 0. The highest BCUT2D eigenvalue weighted by molar-refractivity contribution is 7.89. The Morgan fingerprint density at radius 3 is 2.29 bits per heavy atom. The fourth-order valence-electron chi connectivity index (χ4n) is 2.06. The summed E-state index contributed by atoms with van der Waals surface area (Å²) in [5.74, 6) is 0. The standard InChI is InChI=1S/C16H13F3N2O2S/c1-11(13-3-2-4-14(9-13)16(17,18)19)21-24(22,23)15-7-5-12(10-20)6-8-15/h2-9,11,21H,1H3. The molecule has 0 heterocycles. The molecule has 2 aromatic carbocycles. The van der Waals surface area contributed by atoms with E-state index in [4.69, 9.17) is 5.26 Å². The topological polar surface area (TPSA) is 70.0 Å². The van der Waals surface area contributed by atoms with Crippen molar-refractivity contribution >= 4 is 10.0 Å². The first-order valence-corrected chi connectivity index (χ1v) is 8.31. The molecule has 24 heavy (non-hydrogen) atoms. The highest BCUT2D eigenvalue weighted by Crippen LogP contribution is 2.31. The van der Waals surface area contributed by atoms with Crippen LogP contribution in [0.3, 0.4) is 0 Å². The zero-order valence-corrected chi connectivity index (χ0v) is 13.3. The zero-order chi connectivity index (χ0) is 18.0. The van der Waals surface area contributed by atoms with Gasteiger partial charge in [0.2, 0.25) is 10.0 Å². The minimum atomic E-state index is -4.50. The molecule has 0 aliphatic heterocycles. The molecule has 1 N–H and O–H groups in total. The second kappa shape index (κ2) is 6.63. The Morgan fingerprint density at radius 1 is 1.12 bits per heavy atom. The Hall–Kier alpha value is -2.37. The summed E-state index contributed by atoms with van der Waals surface area (Å²) in [4.78, 5) is -0.0691. The van der Waals surface area contributed by atoms with Crippen LogP contribution < -0.4 is 4.72 Å². The van der Waals surface area contributed by atoms with Crippen LogP contribution in [0.2, 0.25) is 0 Å². The van der Waals surface area contributed by atoms with Crippen molar-refractivity contribution in [2.75, 3.05) is 0 Å². The largest absolute Gasteiger partial charge is 0.416 e. The van der Waals surface area contributed by atoms with E-state index in [0.29, 0.717) is 5.56 Å². The fraction of sp³-hybridized carbons (Fsp3) is 0.188. The summed E-state index contributed by atoms with van der Waals surface area (Å²) < 4.78 is 65.1. The van der Waals surface area contributed by atoms with Crippen LogP contribution >= 0.6 is 0 Å². The molecule has 0 spiro atoms. The van der Waals surface area contributed by atoms with Crippen LogP contribution in [0.1, 0.15) is 29.7 Å². The first kappa shape index (κ1) is 18.0. The van der Waals surface area contributed by atoms with E-state index in [0.717, 1.165) is 12.1 Å². The molecule has 8 heteroatoms. The number of nitrogens with one attached hydrogen (secondary N) is 1. The van der Waals surface area contributed by atoms with Gasteiger partial charge < -0.3 is 0 Å². The number of alkyl halides is 3. The van der Waals surface area contributed by atoms with E-state index in [1.54, 1.807) is 0 Å². The summed E-state index contributed by atoms with van der Waals surface area (Å²) in [6.07, 6.45) is -4.50. The molecule has 0 saturated carbocycles. The molecule has 0 bridgehead atoms. The van der Waals surface area contributed by atoms with Gasteiger partial charge in [-0.1, -0.05) is 12.1 Å². The maximum absolute atomic E-state index is 12.7. The van der Waals surface area contributed by atoms with Gasteiger partial charge in [-0.3, -0.25) is 0 Å². The highest BCUT2D eigenvalue weighted by Gasteiger charge is 2.31. The lowest BCUT2D eigenvalue weighted by Crippen LogP contribution is -2.27. The molecule has 1 unspecified atom stereocenters. The lowest BCUT2D eigenvalue weighted by atomic mass is 10.1. The first-order valence-electron chi connectivity index (χ1n) is 6.83. The van der Waals surface area contributed by atoms with Crippen LogP contribution in [-0.2, 0) is 16.2 Å². The number of nitriles is 1. The molecule has 0 radical (unpaired) electrons. The van der Waals surface area contributed by atoms with Crippen molar-refractivity contribution in [3.63, 3.8) is 0 Å². The van der Waals surface area contributed by atoms with E-state index >= 15 is 0 Å². The zero-order valence-electron chi connectivity index (χ0n) is 12.5. The van der Waals surface area contributed by atoms with Crippen LogP contribution in [0.4, 0.5) is 13.2 Å². The maximum Gasteiger partial charge on any atom is 0.416 e. The molecule has 0 fully saturated rings. The molecule has 0 aliphatic rings. The van der Waals surface area contributed by atoms with Crippen LogP contribution in [0.15, 0.2) is 53.4 Å². The molecule has 0 saturated heterocycles. The van der Waals surface area contributed by atoms with E-state index in [9.17, 15) is 21.6 Å². The third-order valence-corrected chi connectivity index (χ3v) is 4.90. The van der Waals surface area contributed by atoms with Gasteiger partial charge in [0.25, 0.3) is 0 Å². The van der Waals surface area contributed by atoms with E-state index < -0.39 is 27.8 Å². The monoisotopic (exact) mass is 354 g/mol. The second-order valence-corrected chi connectivity index (χ2v) is 6.82. The maximum atomic E-state index is 12.7. The van der Waals surface area contributed by atoms with Crippen LogP contribution in [-0.4, -0.2) is 8.42 Å². The number of halogens is 3. The van der Waals surface area contributed by atoms with Crippen LogP contribution in [0.25, 0.3) is 0 Å². The van der Waals surface area contributed by atoms with Crippen molar-refractivity contribution in [2.45, 2.75) is 24.0 Å². The molecule has 0 amide bonds. The molecule has 4 nitrogen and oxygen atoms in total. The van der Waals surface area contributed by atoms with Crippen molar-refractivity contribution < 1.29 is 21.6 Å². The quantitative estimate of drug-likeness (QED) is 0.912. The van der Waals surface area contributed by atoms with Gasteiger partial charge >= 0.3 is 6.18 Å². The molecule has 2 rings (SSSR count). The molecule has 0 aromatic heterocycles. The molecule has 126 valence electrons. The predicted octanol–water partition coefficient (Wildman–Crippen LogP) is 3.62. The molecular weight excluding hydrogens is 341 g/mol. The minimum absolute atomic E-state index is 0.0691. The molecule has 1 atom stereocenters. The molecule has 2 aromatic rings. The van der Waals surface area contributed by atoms with E-state index in [1.165, 1.54) is 43.3 Å². The van der Waals surface area contributed by atoms with Gasteiger partial charge in [-0.05, 0) is 48.9 Å². The summed E-state index contributed by atoms with van der Waals surface area (Å²) in [6, 6.07) is 10.7. The van der Waals surface area contributed by atoms with Crippen molar-refractivity contribution in [1.82, 2.24) is 4.72 Å². The van der Waals surface area contributed by atoms with Gasteiger partial charge in [-0.25, -0.2) is 13.1 Å². The lowest BCUT2D eigenvalue weighted by Gasteiger charge is -2.16. The van der Waals surface area contributed by atoms with Crippen LogP contribution in [0.5, 0.6) is 0 Å². The third kappa shape index (κ3) is 4.13. The van der Waals surface area contributed by atoms with Crippen molar-refractivity contribution in [1.29, 1.82) is 5.26 Å². The molecule has 0 aliphatic carbocycles. The Balaban J connectivity index is 2.25. The van der Waals surface area contributed by atoms with E-state index in [1.807, 2.05) is 6.07 Å². The third-order valence-electron chi connectivity index (χ3n) is 3.34. The van der Waals surface area contributed by atoms with Gasteiger partial charge in [0.15, 0.2) is 0 Å². The number of hydrogen-bond acceptors (Lipinski definition) is 3. The smallest absolute Gasteiger partial charge is 0.207 e. The SMILES string of the molecule is CC(NS(=O)(=O)c1ccc(C#N)cc1)c1cccc(C(F)(F)F)c1. The minimum Gasteiger partial charge on any atom is -0.207 e. The average molecular weight is 354 g/mol. The number of sulfonamides is 1. The van der Waals surface area contributed by atoms with Gasteiger partial charge in [-0.2, -0.15) is 18.4 Å². The average Bonchev–Trinajstić information content (AvgIpc) is 2.54. The summed E-state index contributed by atoms with van der Waals surface area (Å²) in [5.41, 5.74) is -0.341. The summed E-state index contributed by atoms with van der Waals surface area (Å²) in [6.45, 7) is 1.46. The van der Waals surface area contributed by atoms with Crippen molar-refractivity contribution in [2.24, 2.45) is 0 Å². The number of benzene rings is 2. The normalized spacial score (nSPS) is 13.3. The van der Waals surface area contributed by atoms with E-state index in [2.05, 4.69) is 4.72 Å². The van der Waals surface area contributed by atoms with Gasteiger partial charge in [0, 0.05) is 6.04 Å². The number of nitrogens with zero attached hydrogens (tertiary/aromatic N) is 1. The summed E-state index contributed by atoms with van der Waals surface area (Å²) in [7, 11) is -3.92. The van der Waals surface area contributed by atoms with Crippen molar-refractivity contribution in [3.05, 3.63) is 65.2 Å². The van der Waals surface area contributed by atoms with E-state index in [-0.39, 0.29) is 10.5 Å². The number of hydrogen-bond donors (Lipinski definition) is 1. The van der Waals surface area contributed by atoms with Crippen LogP contribution in [0, 0.1) is 11.3 Å². The van der Waals surface area contributed by atoms with Gasteiger partial charge in [0.05, 0.1) is 22.1 Å². The predicted molar refractivity (Wildman–Crippen MR) is 81.3 cm³/mol. The fourth-order valence-corrected chi connectivity index (χ4v) is 3.29. The Bertz CT molecular complexity index is 869. The Kier molecular flexibility index (Phi) is 4.96. The van der Waals surface area contributed by atoms with Crippen molar-refractivity contribution in [3.8, 4) is 6.07 Å². The molecular formula is C16H13F3N2O2S. The van der Waals surface area contributed by atoms with Gasteiger partial charge in [-0.15, -0.1) is 0 Å². The Labute approximate surface area is 137 Å². The second-order valence-electron chi connectivity index (χ2n) is 5.10. The summed E-state index contributed by atoms with van der Waals surface area (Å²) in [5, 5.41) is 8.71. The number of rotatable bonds is 4. The first-order chi connectivity index (χ1) is 11.1. The highest BCUT2D eigenvalue weighted by atomic mass is 32.2.